The number of para-hydroxylation sites is 1. The van der Waals surface area contributed by atoms with Gasteiger partial charge >= 0.3 is 0 Å². The van der Waals surface area contributed by atoms with Gasteiger partial charge in [0.15, 0.2) is 5.16 Å². The minimum Gasteiger partial charge on any atom is -0.396 e. The molecular formula is C26H31N5O3S. The molecule has 35 heavy (non-hydrogen) atoms. The Balaban J connectivity index is 1.59. The number of hydrogen-bond acceptors (Lipinski definition) is 6. The van der Waals surface area contributed by atoms with E-state index in [0.717, 1.165) is 36.9 Å². The second-order valence-electron chi connectivity index (χ2n) is 8.99. The fourth-order valence-corrected chi connectivity index (χ4v) is 5.69. The summed E-state index contributed by atoms with van der Waals surface area (Å²) in [6.45, 7) is 4.21. The maximum atomic E-state index is 13.1. The number of aromatic nitrogens is 3. The summed E-state index contributed by atoms with van der Waals surface area (Å²) in [4.78, 5) is 30.7. The first-order chi connectivity index (χ1) is 17.0. The molecule has 0 atom stereocenters. The number of anilines is 1. The molecule has 0 radical (unpaired) electrons. The highest BCUT2D eigenvalue weighted by atomic mass is 32.2. The Morgan fingerprint density at radius 3 is 2.71 bits per heavy atom. The van der Waals surface area contributed by atoms with E-state index in [4.69, 9.17) is 0 Å². The Morgan fingerprint density at radius 2 is 2.00 bits per heavy atom. The summed E-state index contributed by atoms with van der Waals surface area (Å²) in [5, 5.41) is 23.0. The molecule has 4 rings (SSSR count). The fraction of sp³-hybridized carbons (Fsp3) is 0.462. The fourth-order valence-electron chi connectivity index (χ4n) is 4.86. The number of nitrogens with one attached hydrogen (secondary N) is 1. The second kappa shape index (κ2) is 11.1. The number of rotatable bonds is 8. The molecule has 9 heteroatoms. The summed E-state index contributed by atoms with van der Waals surface area (Å²) in [7, 11) is 0. The molecule has 0 spiro atoms. The van der Waals surface area contributed by atoms with Crippen LogP contribution in [-0.2, 0) is 11.3 Å². The molecule has 0 saturated heterocycles. The van der Waals surface area contributed by atoms with Crippen LogP contribution in [0, 0.1) is 25.2 Å². The summed E-state index contributed by atoms with van der Waals surface area (Å²) < 4.78 is 3.66. The van der Waals surface area contributed by atoms with E-state index >= 15 is 0 Å². The van der Waals surface area contributed by atoms with Crippen molar-refractivity contribution >= 4 is 34.4 Å². The molecule has 184 valence electrons. The molecule has 1 aromatic carbocycles. The van der Waals surface area contributed by atoms with E-state index in [0.29, 0.717) is 40.4 Å². The summed E-state index contributed by atoms with van der Waals surface area (Å²) in [6, 6.07) is 9.68. The van der Waals surface area contributed by atoms with Gasteiger partial charge in [0.05, 0.1) is 22.2 Å². The zero-order valence-corrected chi connectivity index (χ0v) is 21.0. The van der Waals surface area contributed by atoms with Gasteiger partial charge in [-0.2, -0.15) is 5.26 Å². The van der Waals surface area contributed by atoms with E-state index in [1.807, 2.05) is 19.9 Å². The number of nitriles is 1. The van der Waals surface area contributed by atoms with Crippen molar-refractivity contribution in [2.45, 2.75) is 70.1 Å². The van der Waals surface area contributed by atoms with Crippen LogP contribution in [-0.4, -0.2) is 37.5 Å². The molecule has 0 unspecified atom stereocenters. The molecule has 1 fully saturated rings. The van der Waals surface area contributed by atoms with Crippen molar-refractivity contribution in [2.24, 2.45) is 0 Å². The average molecular weight is 494 g/mol. The molecule has 1 aliphatic rings. The average Bonchev–Trinajstić information content (AvgIpc) is 3.11. The third kappa shape index (κ3) is 5.14. The van der Waals surface area contributed by atoms with Crippen LogP contribution in [0.3, 0.4) is 0 Å². The van der Waals surface area contributed by atoms with Gasteiger partial charge in [-0.05, 0) is 50.8 Å². The second-order valence-corrected chi connectivity index (χ2v) is 9.93. The zero-order valence-electron chi connectivity index (χ0n) is 20.2. The lowest BCUT2D eigenvalue weighted by atomic mass is 9.95. The van der Waals surface area contributed by atoms with Gasteiger partial charge in [0.25, 0.3) is 5.56 Å². The van der Waals surface area contributed by atoms with Gasteiger partial charge in [0, 0.05) is 24.9 Å². The van der Waals surface area contributed by atoms with Crippen LogP contribution in [0.25, 0.3) is 10.9 Å². The number of carbonyl (C=O) groups excluding carboxylic acids is 1. The lowest BCUT2D eigenvalue weighted by Crippen LogP contribution is -2.25. The van der Waals surface area contributed by atoms with Gasteiger partial charge in [-0.3, -0.25) is 14.2 Å². The molecule has 1 aliphatic carbocycles. The highest BCUT2D eigenvalue weighted by Crippen LogP contribution is 2.36. The van der Waals surface area contributed by atoms with Crippen LogP contribution in [0.4, 0.5) is 5.82 Å². The van der Waals surface area contributed by atoms with Crippen LogP contribution in [0.2, 0.25) is 0 Å². The van der Waals surface area contributed by atoms with Crippen molar-refractivity contribution in [3.63, 3.8) is 0 Å². The van der Waals surface area contributed by atoms with E-state index in [1.165, 1.54) is 22.7 Å². The van der Waals surface area contributed by atoms with Crippen LogP contribution in [0.5, 0.6) is 0 Å². The van der Waals surface area contributed by atoms with E-state index in [1.54, 1.807) is 18.2 Å². The Bertz CT molecular complexity index is 1330. The summed E-state index contributed by atoms with van der Waals surface area (Å²) in [5.41, 5.74) is 2.82. The van der Waals surface area contributed by atoms with Crippen molar-refractivity contribution in [3.8, 4) is 6.07 Å². The molecule has 8 nitrogen and oxygen atoms in total. The quantitative estimate of drug-likeness (QED) is 0.357. The molecule has 3 aromatic rings. The Kier molecular flexibility index (Phi) is 7.93. The zero-order chi connectivity index (χ0) is 24.9. The first kappa shape index (κ1) is 25.0. The molecule has 2 aromatic heterocycles. The number of nitrogens with zero attached hydrogens (tertiary/aromatic N) is 4. The molecule has 0 aliphatic heterocycles. The number of thioether (sulfide) groups is 1. The number of fused-ring (bicyclic) bond motifs is 1. The summed E-state index contributed by atoms with van der Waals surface area (Å²) in [5.74, 6) is 0.365. The lowest BCUT2D eigenvalue weighted by Gasteiger charge is -2.27. The highest BCUT2D eigenvalue weighted by molar-refractivity contribution is 7.99. The standard InChI is InChI=1S/C26H31N5O3S/c1-17-18(2)31(19-9-4-3-5-10-19)24(21(17)15-27)29-23(33)16-35-26-28-22-12-7-6-11-20(22)25(34)30(26)13-8-14-32/h6-7,11-12,19,32H,3-5,8-10,13-14,16H2,1-2H3,(H,29,33). The summed E-state index contributed by atoms with van der Waals surface area (Å²) >= 11 is 1.19. The molecule has 0 bridgehead atoms. The van der Waals surface area contributed by atoms with Gasteiger partial charge in [-0.25, -0.2) is 4.98 Å². The number of aliphatic hydroxyl groups is 1. The largest absolute Gasteiger partial charge is 0.396 e. The first-order valence-electron chi connectivity index (χ1n) is 12.1. The number of benzene rings is 1. The minimum absolute atomic E-state index is 0.0440. The van der Waals surface area contributed by atoms with Crippen molar-refractivity contribution in [3.05, 3.63) is 51.4 Å². The minimum atomic E-state index is -0.253. The summed E-state index contributed by atoms with van der Waals surface area (Å²) in [6.07, 6.45) is 6.00. The number of aliphatic hydroxyl groups excluding tert-OH is 1. The Labute approximate surface area is 209 Å². The maximum absolute atomic E-state index is 13.1. The van der Waals surface area contributed by atoms with Crippen LogP contribution in [0.1, 0.15) is 61.4 Å². The molecule has 2 heterocycles. The third-order valence-corrected chi connectivity index (χ3v) is 7.74. The van der Waals surface area contributed by atoms with Crippen molar-refractivity contribution < 1.29 is 9.90 Å². The molecule has 2 N–H and O–H groups in total. The third-order valence-electron chi connectivity index (χ3n) is 6.77. The Morgan fingerprint density at radius 1 is 1.26 bits per heavy atom. The van der Waals surface area contributed by atoms with Gasteiger partial charge in [0.1, 0.15) is 11.9 Å². The van der Waals surface area contributed by atoms with Crippen LogP contribution in [0.15, 0.2) is 34.2 Å². The van der Waals surface area contributed by atoms with E-state index < -0.39 is 0 Å². The van der Waals surface area contributed by atoms with Crippen molar-refractivity contribution in [2.75, 3.05) is 17.7 Å². The van der Waals surface area contributed by atoms with Gasteiger partial charge in [-0.1, -0.05) is 43.2 Å². The predicted molar refractivity (Wildman–Crippen MR) is 138 cm³/mol. The first-order valence-corrected chi connectivity index (χ1v) is 13.1. The normalized spacial score (nSPS) is 14.2. The van der Waals surface area contributed by atoms with Gasteiger partial charge in [0.2, 0.25) is 5.91 Å². The number of amides is 1. The molecular weight excluding hydrogens is 462 g/mol. The number of hydrogen-bond donors (Lipinski definition) is 2. The van der Waals surface area contributed by atoms with E-state index in [2.05, 4.69) is 20.9 Å². The SMILES string of the molecule is Cc1c(C#N)c(NC(=O)CSc2nc3ccccc3c(=O)n2CCCO)n(C2CCCCC2)c1C. The van der Waals surface area contributed by atoms with E-state index in [-0.39, 0.29) is 29.9 Å². The van der Waals surface area contributed by atoms with Crippen molar-refractivity contribution in [1.29, 1.82) is 5.26 Å². The van der Waals surface area contributed by atoms with Crippen LogP contribution >= 0.6 is 11.8 Å². The van der Waals surface area contributed by atoms with Gasteiger partial charge in [-0.15, -0.1) is 0 Å². The number of carbonyl (C=O) groups is 1. The van der Waals surface area contributed by atoms with Crippen molar-refractivity contribution in [1.82, 2.24) is 14.1 Å². The lowest BCUT2D eigenvalue weighted by molar-refractivity contribution is -0.113. The topological polar surface area (TPSA) is 113 Å². The van der Waals surface area contributed by atoms with E-state index in [9.17, 15) is 20.0 Å². The predicted octanol–water partition coefficient (Wildman–Crippen LogP) is 4.30. The molecule has 1 saturated carbocycles. The maximum Gasteiger partial charge on any atom is 0.262 e. The van der Waals surface area contributed by atoms with Gasteiger partial charge < -0.3 is 15.0 Å². The highest BCUT2D eigenvalue weighted by Gasteiger charge is 2.26. The molecule has 1 amide bonds. The van der Waals surface area contributed by atoms with Crippen LogP contribution < -0.4 is 10.9 Å². The Hall–Kier alpha value is -3.09. The monoisotopic (exact) mass is 493 g/mol. The smallest absolute Gasteiger partial charge is 0.262 e.